The summed E-state index contributed by atoms with van der Waals surface area (Å²) in [7, 11) is 0. The molecule has 4 rings (SSSR count). The maximum absolute atomic E-state index is 12.9. The van der Waals surface area contributed by atoms with E-state index in [2.05, 4.69) is 0 Å². The number of hydrogen-bond donors (Lipinski definition) is 0. The lowest BCUT2D eigenvalue weighted by atomic mass is 10.1. The molecule has 3 aromatic rings. The number of carbonyl (C=O) groups is 2. The number of hydrogen-bond acceptors (Lipinski definition) is 5. The van der Waals surface area contributed by atoms with Crippen LogP contribution < -0.4 is 9.47 Å². The normalized spacial score (nSPS) is 14.9. The predicted molar refractivity (Wildman–Crippen MR) is 121 cm³/mol. The fourth-order valence-corrected chi connectivity index (χ4v) is 3.72. The molecule has 0 spiro atoms. The van der Waals surface area contributed by atoms with Crippen molar-refractivity contribution in [1.82, 2.24) is 4.57 Å². The minimum absolute atomic E-state index is 0.193. The minimum Gasteiger partial charge on any atom is -0.486 e. The molecule has 33 heavy (non-hydrogen) atoms. The van der Waals surface area contributed by atoms with Crippen LogP contribution in [0.3, 0.4) is 0 Å². The van der Waals surface area contributed by atoms with Gasteiger partial charge < -0.3 is 18.8 Å². The highest BCUT2D eigenvalue weighted by molar-refractivity contribution is 6.00. The van der Waals surface area contributed by atoms with Gasteiger partial charge in [0.2, 0.25) is 5.78 Å². The van der Waals surface area contributed by atoms with Gasteiger partial charge >= 0.3 is 5.97 Å². The Hall–Kier alpha value is -3.87. The summed E-state index contributed by atoms with van der Waals surface area (Å²) < 4.78 is 31.9. The maximum atomic E-state index is 12.9. The average molecular weight is 449 g/mol. The van der Waals surface area contributed by atoms with Gasteiger partial charge in [-0.15, -0.1) is 0 Å². The number of nitrogens with zero attached hydrogens (tertiary/aromatic N) is 1. The third-order valence-corrected chi connectivity index (χ3v) is 5.46. The van der Waals surface area contributed by atoms with Crippen molar-refractivity contribution in [3.63, 3.8) is 0 Å². The van der Waals surface area contributed by atoms with Gasteiger partial charge in [-0.1, -0.05) is 24.3 Å². The quantitative estimate of drug-likeness (QED) is 0.301. The van der Waals surface area contributed by atoms with E-state index in [0.717, 1.165) is 17.1 Å². The second-order valence-electron chi connectivity index (χ2n) is 7.81. The molecule has 6 nitrogen and oxygen atoms in total. The average Bonchev–Trinajstić information content (AvgIpc) is 3.10. The van der Waals surface area contributed by atoms with Crippen LogP contribution >= 0.6 is 0 Å². The molecule has 0 saturated heterocycles. The fourth-order valence-electron chi connectivity index (χ4n) is 3.72. The van der Waals surface area contributed by atoms with Crippen LogP contribution in [-0.4, -0.2) is 35.6 Å². The van der Waals surface area contributed by atoms with E-state index in [1.165, 1.54) is 24.3 Å². The van der Waals surface area contributed by atoms with E-state index in [4.69, 9.17) is 14.2 Å². The Kier molecular flexibility index (Phi) is 6.58. The highest BCUT2D eigenvalue weighted by Gasteiger charge is 2.24. The predicted octanol–water partition coefficient (Wildman–Crippen LogP) is 4.52. The molecule has 1 aliphatic heterocycles. The number of esters is 1. The van der Waals surface area contributed by atoms with Crippen LogP contribution in [0.25, 0.3) is 6.08 Å². The van der Waals surface area contributed by atoms with Crippen LogP contribution in [0.2, 0.25) is 0 Å². The first kappa shape index (κ1) is 22.3. The summed E-state index contributed by atoms with van der Waals surface area (Å²) in [5.41, 5.74) is 2.83. The Morgan fingerprint density at radius 3 is 2.61 bits per heavy atom. The third-order valence-electron chi connectivity index (χ3n) is 5.46. The van der Waals surface area contributed by atoms with Crippen LogP contribution in [0.15, 0.2) is 60.7 Å². The van der Waals surface area contributed by atoms with Crippen molar-refractivity contribution in [2.75, 3.05) is 13.2 Å². The molecule has 1 aromatic heterocycles. The van der Waals surface area contributed by atoms with E-state index in [0.29, 0.717) is 30.0 Å². The number of halogens is 1. The van der Waals surface area contributed by atoms with Crippen molar-refractivity contribution < 1.29 is 28.2 Å². The topological polar surface area (TPSA) is 66.8 Å². The van der Waals surface area contributed by atoms with Crippen LogP contribution in [0, 0.1) is 19.7 Å². The van der Waals surface area contributed by atoms with Gasteiger partial charge in [-0.05, 0) is 55.8 Å². The number of fused-ring (bicyclic) bond motifs is 1. The van der Waals surface area contributed by atoms with Crippen molar-refractivity contribution in [2.45, 2.75) is 26.5 Å². The number of aryl methyl sites for hydroxylation is 1. The molecule has 0 amide bonds. The second-order valence-corrected chi connectivity index (χ2v) is 7.81. The zero-order valence-electron chi connectivity index (χ0n) is 18.4. The summed E-state index contributed by atoms with van der Waals surface area (Å²) in [6.45, 7) is 4.34. The smallest absolute Gasteiger partial charge is 0.331 e. The number of ether oxygens (including phenoxy) is 3. The van der Waals surface area contributed by atoms with E-state index in [1.807, 2.05) is 42.7 Å². The van der Waals surface area contributed by atoms with Crippen LogP contribution in [0.5, 0.6) is 11.5 Å². The second kappa shape index (κ2) is 9.73. The highest BCUT2D eigenvalue weighted by atomic mass is 19.1. The molecule has 1 aliphatic rings. The number of para-hydroxylation sites is 2. The molecular formula is C26H24FNO5. The maximum Gasteiger partial charge on any atom is 0.331 e. The standard InChI is InChI=1S/C26H24FNO5/c1-17-13-22(23(29)16-32-26(30)12-9-19-7-10-20(27)11-8-19)18(2)28(17)14-21-15-31-24-5-3-4-6-25(24)33-21/h3-13,21H,14-16H2,1-2H3/b12-9+. The fraction of sp³-hybridized carbons (Fsp3) is 0.231. The van der Waals surface area contributed by atoms with E-state index in [-0.39, 0.29) is 24.3 Å². The summed E-state index contributed by atoms with van der Waals surface area (Å²) in [5.74, 6) is 0.135. The van der Waals surface area contributed by atoms with Crippen molar-refractivity contribution in [3.05, 3.63) is 89.0 Å². The molecule has 0 radical (unpaired) electrons. The molecule has 0 N–H and O–H groups in total. The van der Waals surface area contributed by atoms with Gasteiger partial charge in [0.1, 0.15) is 12.4 Å². The number of carbonyl (C=O) groups excluding carboxylic acids is 2. The molecule has 0 bridgehead atoms. The Morgan fingerprint density at radius 2 is 1.85 bits per heavy atom. The third kappa shape index (κ3) is 5.31. The van der Waals surface area contributed by atoms with Crippen molar-refractivity contribution >= 4 is 17.8 Å². The van der Waals surface area contributed by atoms with Gasteiger partial charge in [-0.2, -0.15) is 0 Å². The number of rotatable bonds is 7. The van der Waals surface area contributed by atoms with Gasteiger partial charge in [0.15, 0.2) is 24.2 Å². The Balaban J connectivity index is 1.35. The monoisotopic (exact) mass is 449 g/mol. The molecule has 170 valence electrons. The van der Waals surface area contributed by atoms with Crippen molar-refractivity contribution in [2.24, 2.45) is 0 Å². The summed E-state index contributed by atoms with van der Waals surface area (Å²) in [6, 6.07) is 15.0. The van der Waals surface area contributed by atoms with Gasteiger partial charge in [0, 0.05) is 23.0 Å². The first-order chi connectivity index (χ1) is 15.9. The van der Waals surface area contributed by atoms with Gasteiger partial charge in [0.05, 0.1) is 6.54 Å². The van der Waals surface area contributed by atoms with E-state index >= 15 is 0 Å². The van der Waals surface area contributed by atoms with Gasteiger partial charge in [-0.25, -0.2) is 9.18 Å². The summed E-state index contributed by atoms with van der Waals surface area (Å²) in [4.78, 5) is 24.7. The van der Waals surface area contributed by atoms with Gasteiger partial charge in [0.25, 0.3) is 0 Å². The lowest BCUT2D eigenvalue weighted by Crippen LogP contribution is -2.33. The molecule has 1 unspecified atom stereocenters. The SMILES string of the molecule is Cc1cc(C(=O)COC(=O)/C=C/c2ccc(F)cc2)c(C)n1CC1COc2ccccc2O1. The van der Waals surface area contributed by atoms with Crippen LogP contribution in [-0.2, 0) is 16.1 Å². The van der Waals surface area contributed by atoms with Gasteiger partial charge in [-0.3, -0.25) is 4.79 Å². The largest absolute Gasteiger partial charge is 0.486 e. The lowest BCUT2D eigenvalue weighted by molar-refractivity contribution is -0.136. The summed E-state index contributed by atoms with van der Waals surface area (Å²) >= 11 is 0. The highest BCUT2D eigenvalue weighted by Crippen LogP contribution is 2.31. The molecule has 0 aliphatic carbocycles. The van der Waals surface area contributed by atoms with E-state index in [1.54, 1.807) is 18.2 Å². The molecule has 1 atom stereocenters. The number of benzene rings is 2. The zero-order valence-corrected chi connectivity index (χ0v) is 18.4. The molecule has 2 aromatic carbocycles. The Bertz CT molecular complexity index is 1200. The Morgan fingerprint density at radius 1 is 1.12 bits per heavy atom. The first-order valence-corrected chi connectivity index (χ1v) is 10.6. The first-order valence-electron chi connectivity index (χ1n) is 10.6. The molecule has 2 heterocycles. The molecular weight excluding hydrogens is 425 g/mol. The van der Waals surface area contributed by atoms with Crippen molar-refractivity contribution in [3.8, 4) is 11.5 Å². The summed E-state index contributed by atoms with van der Waals surface area (Å²) in [6.07, 6.45) is 2.52. The molecule has 0 fully saturated rings. The molecule has 0 saturated carbocycles. The minimum atomic E-state index is -0.645. The number of aromatic nitrogens is 1. The number of ketones is 1. The number of Topliss-reactive ketones (excluding diaryl/α,β-unsaturated/α-hetero) is 1. The molecule has 7 heteroatoms. The summed E-state index contributed by atoms with van der Waals surface area (Å²) in [5, 5.41) is 0. The van der Waals surface area contributed by atoms with Crippen molar-refractivity contribution in [1.29, 1.82) is 0 Å². The van der Waals surface area contributed by atoms with E-state index < -0.39 is 5.97 Å². The zero-order chi connectivity index (χ0) is 23.4. The van der Waals surface area contributed by atoms with Crippen LogP contribution in [0.4, 0.5) is 4.39 Å². The van der Waals surface area contributed by atoms with E-state index in [9.17, 15) is 14.0 Å². The Labute approximate surface area is 191 Å². The lowest BCUT2D eigenvalue weighted by Gasteiger charge is -2.27. The van der Waals surface area contributed by atoms with Crippen LogP contribution in [0.1, 0.15) is 27.3 Å².